The number of rotatable bonds is 4. The molecule has 0 bridgehead atoms. The highest BCUT2D eigenvalue weighted by atomic mass is 14.9. The first-order chi connectivity index (χ1) is 23.3. The van der Waals surface area contributed by atoms with Crippen LogP contribution in [0.1, 0.15) is 49.9 Å². The highest BCUT2D eigenvalue weighted by molar-refractivity contribution is 5.90. The number of nitrogens with zero attached hydrogens (tertiary/aromatic N) is 2. The van der Waals surface area contributed by atoms with E-state index in [0.717, 1.165) is 33.9 Å². The van der Waals surface area contributed by atoms with Gasteiger partial charge in [0.25, 0.3) is 0 Å². The molecule has 0 aliphatic heterocycles. The van der Waals surface area contributed by atoms with E-state index in [1.807, 2.05) is 24.3 Å². The third kappa shape index (κ3) is 4.33. The van der Waals surface area contributed by atoms with E-state index in [4.69, 9.17) is 9.97 Å². The zero-order valence-electron chi connectivity index (χ0n) is 27.8. The van der Waals surface area contributed by atoms with E-state index in [-0.39, 0.29) is 10.8 Å². The van der Waals surface area contributed by atoms with Gasteiger partial charge in [-0.1, -0.05) is 143 Å². The van der Waals surface area contributed by atoms with Gasteiger partial charge in [0, 0.05) is 27.5 Å². The summed E-state index contributed by atoms with van der Waals surface area (Å²) in [5.41, 5.74) is 18.4. The second-order valence-electron chi connectivity index (χ2n) is 14.3. The molecule has 1 heterocycles. The van der Waals surface area contributed by atoms with Crippen molar-refractivity contribution in [2.24, 2.45) is 0 Å². The normalized spacial score (nSPS) is 14.6. The Kier molecular flexibility index (Phi) is 6.23. The van der Waals surface area contributed by atoms with Gasteiger partial charge in [-0.25, -0.2) is 9.97 Å². The van der Waals surface area contributed by atoms with Gasteiger partial charge in [-0.15, -0.1) is 0 Å². The fourth-order valence-corrected chi connectivity index (χ4v) is 8.03. The van der Waals surface area contributed by atoms with E-state index in [1.165, 1.54) is 55.6 Å². The van der Waals surface area contributed by atoms with Gasteiger partial charge in [0.2, 0.25) is 0 Å². The van der Waals surface area contributed by atoms with Gasteiger partial charge in [0.05, 0.1) is 11.4 Å². The maximum Gasteiger partial charge on any atom is 0.160 e. The van der Waals surface area contributed by atoms with Gasteiger partial charge >= 0.3 is 0 Å². The van der Waals surface area contributed by atoms with Crippen LogP contribution in [0.3, 0.4) is 0 Å². The number of hydrogen-bond donors (Lipinski definition) is 0. The van der Waals surface area contributed by atoms with Crippen LogP contribution in [0.5, 0.6) is 0 Å². The Morgan fingerprint density at radius 3 is 1.54 bits per heavy atom. The van der Waals surface area contributed by atoms with Crippen LogP contribution in [0, 0.1) is 0 Å². The summed E-state index contributed by atoms with van der Waals surface area (Å²) in [5, 5.41) is 0. The standard InChI is InChI=1S/C46H36N2/c1-45(2)38-21-12-11-20-34(38)36-26-41-37(27-40(36)45)35-23-22-32(25-39(35)46(41,3)4)31-18-13-19-33(24-31)43-28-42(29-14-7-5-8-15-29)47-44(48-43)30-16-9-6-10-17-30/h5-28H,1-4H3. The Morgan fingerprint density at radius 1 is 0.333 bits per heavy atom. The number of aromatic nitrogens is 2. The minimum absolute atomic E-state index is 0.0179. The predicted octanol–water partition coefficient (Wildman–Crippen LogP) is 11.8. The molecule has 9 rings (SSSR count). The summed E-state index contributed by atoms with van der Waals surface area (Å²) in [6.07, 6.45) is 0. The van der Waals surface area contributed by atoms with E-state index < -0.39 is 0 Å². The Hall–Kier alpha value is -5.60. The lowest BCUT2D eigenvalue weighted by Crippen LogP contribution is -2.17. The summed E-state index contributed by atoms with van der Waals surface area (Å²) in [7, 11) is 0. The lowest BCUT2D eigenvalue weighted by Gasteiger charge is -2.24. The van der Waals surface area contributed by atoms with Crippen LogP contribution in [0.2, 0.25) is 0 Å². The van der Waals surface area contributed by atoms with Crippen LogP contribution in [0.15, 0.2) is 146 Å². The quantitative estimate of drug-likeness (QED) is 0.197. The molecule has 0 saturated carbocycles. The summed E-state index contributed by atoms with van der Waals surface area (Å²) in [5.74, 6) is 0.729. The SMILES string of the molecule is CC1(C)c2ccccc2-c2cc3c(cc21)-c1ccc(-c2cccc(-c4cc(-c5ccccc5)nc(-c5ccccc5)n4)c2)cc1C3(C)C. The highest BCUT2D eigenvalue weighted by Gasteiger charge is 2.41. The molecular weight excluding hydrogens is 581 g/mol. The van der Waals surface area contributed by atoms with Crippen molar-refractivity contribution in [1.82, 2.24) is 9.97 Å². The van der Waals surface area contributed by atoms with Crippen molar-refractivity contribution >= 4 is 0 Å². The van der Waals surface area contributed by atoms with E-state index in [1.54, 1.807) is 0 Å². The van der Waals surface area contributed by atoms with Crippen LogP contribution < -0.4 is 0 Å². The number of fused-ring (bicyclic) bond motifs is 6. The molecule has 0 spiro atoms. The maximum absolute atomic E-state index is 5.09. The molecule has 0 atom stereocenters. The lowest BCUT2D eigenvalue weighted by molar-refractivity contribution is 0.652. The summed E-state index contributed by atoms with van der Waals surface area (Å²) >= 11 is 0. The van der Waals surface area contributed by atoms with Gasteiger partial charge < -0.3 is 0 Å². The molecule has 0 saturated heterocycles. The summed E-state index contributed by atoms with van der Waals surface area (Å²) < 4.78 is 0. The zero-order chi connectivity index (χ0) is 32.6. The summed E-state index contributed by atoms with van der Waals surface area (Å²) in [4.78, 5) is 10.1. The first-order valence-corrected chi connectivity index (χ1v) is 16.8. The summed E-state index contributed by atoms with van der Waals surface area (Å²) in [6.45, 7) is 9.50. The predicted molar refractivity (Wildman–Crippen MR) is 199 cm³/mol. The van der Waals surface area contributed by atoms with Crippen molar-refractivity contribution in [2.75, 3.05) is 0 Å². The Bertz CT molecular complexity index is 2330. The maximum atomic E-state index is 5.09. The topological polar surface area (TPSA) is 25.8 Å². The Morgan fingerprint density at radius 2 is 0.833 bits per heavy atom. The smallest absolute Gasteiger partial charge is 0.160 e. The molecule has 6 aromatic carbocycles. The van der Waals surface area contributed by atoms with E-state index in [9.17, 15) is 0 Å². The third-order valence-corrected chi connectivity index (χ3v) is 10.7. The Labute approximate surface area is 282 Å². The largest absolute Gasteiger partial charge is 0.228 e. The molecule has 2 nitrogen and oxygen atoms in total. The fourth-order valence-electron chi connectivity index (χ4n) is 8.03. The molecular formula is C46H36N2. The van der Waals surface area contributed by atoms with Gasteiger partial charge in [-0.3, -0.25) is 0 Å². The second kappa shape index (κ2) is 10.5. The molecule has 1 aromatic heterocycles. The molecule has 0 unspecified atom stereocenters. The average Bonchev–Trinajstić information content (AvgIpc) is 3.50. The lowest BCUT2D eigenvalue weighted by atomic mass is 9.79. The van der Waals surface area contributed by atoms with Gasteiger partial charge in [-0.05, 0) is 86.0 Å². The van der Waals surface area contributed by atoms with E-state index in [2.05, 4.69) is 149 Å². The molecule has 2 aliphatic carbocycles. The minimum Gasteiger partial charge on any atom is -0.228 e. The van der Waals surface area contributed by atoms with Crippen LogP contribution in [0.25, 0.3) is 67.3 Å². The molecule has 0 radical (unpaired) electrons. The van der Waals surface area contributed by atoms with Crippen molar-refractivity contribution in [1.29, 1.82) is 0 Å². The van der Waals surface area contributed by atoms with E-state index in [0.29, 0.717) is 0 Å². The monoisotopic (exact) mass is 616 g/mol. The van der Waals surface area contributed by atoms with Crippen LogP contribution in [-0.2, 0) is 10.8 Å². The number of benzene rings is 6. The van der Waals surface area contributed by atoms with Crippen LogP contribution in [-0.4, -0.2) is 9.97 Å². The molecule has 48 heavy (non-hydrogen) atoms. The molecule has 0 N–H and O–H groups in total. The van der Waals surface area contributed by atoms with Gasteiger partial charge in [0.15, 0.2) is 5.82 Å². The number of hydrogen-bond acceptors (Lipinski definition) is 2. The molecule has 7 aromatic rings. The first-order valence-electron chi connectivity index (χ1n) is 16.8. The van der Waals surface area contributed by atoms with E-state index >= 15 is 0 Å². The minimum atomic E-state index is -0.114. The van der Waals surface area contributed by atoms with Crippen molar-refractivity contribution in [3.63, 3.8) is 0 Å². The third-order valence-electron chi connectivity index (χ3n) is 10.7. The van der Waals surface area contributed by atoms with Crippen molar-refractivity contribution < 1.29 is 0 Å². The molecule has 2 heteroatoms. The summed E-state index contributed by atoms with van der Waals surface area (Å²) in [6, 6.07) is 52.5. The van der Waals surface area contributed by atoms with Crippen molar-refractivity contribution in [3.05, 3.63) is 168 Å². The first kappa shape index (κ1) is 28.6. The molecule has 2 aliphatic rings. The molecule has 230 valence electrons. The Balaban J connectivity index is 1.13. The van der Waals surface area contributed by atoms with Gasteiger partial charge in [-0.2, -0.15) is 0 Å². The zero-order valence-corrected chi connectivity index (χ0v) is 27.8. The molecule has 0 fully saturated rings. The average molecular weight is 617 g/mol. The van der Waals surface area contributed by atoms with Crippen LogP contribution >= 0.6 is 0 Å². The van der Waals surface area contributed by atoms with Gasteiger partial charge in [0.1, 0.15) is 0 Å². The fraction of sp³-hybridized carbons (Fsp3) is 0.130. The molecule has 0 amide bonds. The van der Waals surface area contributed by atoms with Crippen molar-refractivity contribution in [3.8, 4) is 67.3 Å². The van der Waals surface area contributed by atoms with Crippen molar-refractivity contribution in [2.45, 2.75) is 38.5 Å². The van der Waals surface area contributed by atoms with Crippen LogP contribution in [0.4, 0.5) is 0 Å². The highest BCUT2D eigenvalue weighted by Crippen LogP contribution is 2.56. The second-order valence-corrected chi connectivity index (χ2v) is 14.3.